The van der Waals surface area contributed by atoms with E-state index in [9.17, 15) is 4.79 Å². The van der Waals surface area contributed by atoms with Crippen molar-refractivity contribution in [2.75, 3.05) is 5.32 Å². The largest absolute Gasteiger partial charge is 0.339 e. The summed E-state index contributed by atoms with van der Waals surface area (Å²) < 4.78 is 5.12. The fourth-order valence-electron chi connectivity index (χ4n) is 2.19. The number of nitrogens with zero attached hydrogens (tertiary/aromatic N) is 4. The first-order valence-corrected chi connectivity index (χ1v) is 8.13. The van der Waals surface area contributed by atoms with E-state index in [1.54, 1.807) is 6.07 Å². The van der Waals surface area contributed by atoms with Crippen LogP contribution in [0.4, 0.5) is 5.82 Å². The predicted molar refractivity (Wildman–Crippen MR) is 92.8 cm³/mol. The van der Waals surface area contributed by atoms with E-state index in [2.05, 4.69) is 25.7 Å². The minimum atomic E-state index is -0.175. The van der Waals surface area contributed by atoms with Crippen LogP contribution in [0.3, 0.4) is 0 Å². The minimum Gasteiger partial charge on any atom is -0.339 e. The number of rotatable bonds is 6. The number of aryl methyl sites for hydroxylation is 1. The van der Waals surface area contributed by atoms with Crippen molar-refractivity contribution in [2.24, 2.45) is 0 Å². The second-order valence-electron chi connectivity index (χ2n) is 5.92. The van der Waals surface area contributed by atoms with Gasteiger partial charge in [0.05, 0.1) is 5.69 Å². The van der Waals surface area contributed by atoms with E-state index >= 15 is 0 Å². The van der Waals surface area contributed by atoms with Crippen LogP contribution in [-0.4, -0.2) is 26.2 Å². The average Bonchev–Trinajstić information content (AvgIpc) is 3.11. The summed E-state index contributed by atoms with van der Waals surface area (Å²) in [5.74, 6) is 1.55. The fourth-order valence-corrected chi connectivity index (χ4v) is 2.19. The van der Waals surface area contributed by atoms with Crippen LogP contribution in [0.15, 0.2) is 47.0 Å². The highest BCUT2D eigenvalue weighted by Crippen LogP contribution is 2.16. The lowest BCUT2D eigenvalue weighted by atomic mass is 10.1. The first kappa shape index (κ1) is 16.8. The van der Waals surface area contributed by atoms with Crippen LogP contribution in [0.2, 0.25) is 0 Å². The Hall–Kier alpha value is -3.09. The van der Waals surface area contributed by atoms with E-state index < -0.39 is 0 Å². The number of hydrogen-bond acceptors (Lipinski definition) is 6. The van der Waals surface area contributed by atoms with Gasteiger partial charge < -0.3 is 9.84 Å². The Morgan fingerprint density at radius 2 is 1.92 bits per heavy atom. The van der Waals surface area contributed by atoms with Crippen LogP contribution in [0, 0.1) is 0 Å². The van der Waals surface area contributed by atoms with Crippen LogP contribution >= 0.6 is 0 Å². The third-order valence-electron chi connectivity index (χ3n) is 3.57. The van der Waals surface area contributed by atoms with E-state index in [0.717, 1.165) is 11.3 Å². The van der Waals surface area contributed by atoms with Crippen LogP contribution < -0.4 is 5.32 Å². The Kier molecular flexibility index (Phi) is 5.13. The van der Waals surface area contributed by atoms with Gasteiger partial charge in [0, 0.05) is 24.3 Å². The Balaban J connectivity index is 1.54. The Morgan fingerprint density at radius 1 is 1.12 bits per heavy atom. The van der Waals surface area contributed by atoms with Crippen LogP contribution in [0.5, 0.6) is 0 Å². The lowest BCUT2D eigenvalue weighted by Gasteiger charge is -2.04. The maximum Gasteiger partial charge on any atom is 0.227 e. The summed E-state index contributed by atoms with van der Waals surface area (Å²) in [5.41, 5.74) is 1.73. The highest BCUT2D eigenvalue weighted by atomic mass is 16.5. The molecule has 1 N–H and O–H groups in total. The van der Waals surface area contributed by atoms with Crippen molar-refractivity contribution in [3.63, 3.8) is 0 Å². The molecule has 3 rings (SSSR count). The summed E-state index contributed by atoms with van der Waals surface area (Å²) in [6.07, 6.45) is 0.628. The third kappa shape index (κ3) is 4.47. The number of nitrogens with one attached hydrogen (secondary N) is 1. The molecule has 1 amide bonds. The zero-order valence-electron chi connectivity index (χ0n) is 14.1. The number of hydrogen-bond donors (Lipinski definition) is 1. The number of benzene rings is 1. The van der Waals surface area contributed by atoms with Gasteiger partial charge >= 0.3 is 0 Å². The van der Waals surface area contributed by atoms with E-state index in [0.29, 0.717) is 24.0 Å². The van der Waals surface area contributed by atoms with E-state index in [-0.39, 0.29) is 18.2 Å². The molecular weight excluding hydrogens is 318 g/mol. The maximum atomic E-state index is 12.0. The zero-order chi connectivity index (χ0) is 17.6. The second-order valence-corrected chi connectivity index (χ2v) is 5.92. The van der Waals surface area contributed by atoms with Gasteiger partial charge in [-0.2, -0.15) is 4.98 Å². The van der Waals surface area contributed by atoms with Gasteiger partial charge in [0.2, 0.25) is 11.8 Å². The van der Waals surface area contributed by atoms with E-state index in [4.69, 9.17) is 4.52 Å². The van der Waals surface area contributed by atoms with Crippen molar-refractivity contribution >= 4 is 11.7 Å². The molecule has 0 unspecified atom stereocenters. The molecule has 0 saturated heterocycles. The molecule has 1 aromatic carbocycles. The molecule has 2 heterocycles. The number of aromatic nitrogens is 4. The van der Waals surface area contributed by atoms with Crippen molar-refractivity contribution < 1.29 is 9.32 Å². The van der Waals surface area contributed by atoms with Gasteiger partial charge in [-0.25, -0.2) is 0 Å². The van der Waals surface area contributed by atoms with Gasteiger partial charge in [-0.3, -0.25) is 4.79 Å². The van der Waals surface area contributed by atoms with Crippen molar-refractivity contribution in [3.05, 3.63) is 54.2 Å². The number of anilines is 1. The number of amides is 1. The van der Waals surface area contributed by atoms with Crippen molar-refractivity contribution in [2.45, 2.75) is 32.6 Å². The lowest BCUT2D eigenvalue weighted by molar-refractivity contribution is -0.116. The molecule has 7 nitrogen and oxygen atoms in total. The molecule has 0 radical (unpaired) electrons. The number of carbonyl (C=O) groups is 1. The highest BCUT2D eigenvalue weighted by molar-refractivity contribution is 5.89. The van der Waals surface area contributed by atoms with Gasteiger partial charge in [0.15, 0.2) is 11.6 Å². The molecule has 0 atom stereocenters. The van der Waals surface area contributed by atoms with E-state index in [1.165, 1.54) is 0 Å². The molecule has 7 heteroatoms. The maximum absolute atomic E-state index is 12.0. The Morgan fingerprint density at radius 3 is 2.56 bits per heavy atom. The number of carbonyl (C=O) groups excluding carboxylic acids is 1. The SMILES string of the molecule is CC(C)c1noc(CCC(=O)Nc2ccc(-c3ccccc3)nn2)n1. The molecule has 0 fully saturated rings. The van der Waals surface area contributed by atoms with Gasteiger partial charge in [0.25, 0.3) is 0 Å². The van der Waals surface area contributed by atoms with Crippen LogP contribution in [-0.2, 0) is 11.2 Å². The fraction of sp³-hybridized carbons (Fsp3) is 0.278. The molecular formula is C18H19N5O2. The van der Waals surface area contributed by atoms with Gasteiger partial charge in [-0.05, 0) is 12.1 Å². The summed E-state index contributed by atoms with van der Waals surface area (Å²) >= 11 is 0. The molecule has 0 bridgehead atoms. The van der Waals surface area contributed by atoms with Gasteiger partial charge in [0.1, 0.15) is 0 Å². The zero-order valence-corrected chi connectivity index (χ0v) is 14.1. The Labute approximate surface area is 145 Å². The molecule has 0 aliphatic heterocycles. The average molecular weight is 337 g/mol. The molecule has 2 aromatic heterocycles. The molecule has 0 aliphatic carbocycles. The molecule has 0 aliphatic rings. The normalized spacial score (nSPS) is 10.8. The molecule has 0 saturated carbocycles. The van der Waals surface area contributed by atoms with Crippen molar-refractivity contribution in [1.82, 2.24) is 20.3 Å². The minimum absolute atomic E-state index is 0.175. The summed E-state index contributed by atoms with van der Waals surface area (Å²) in [4.78, 5) is 16.3. The van der Waals surface area contributed by atoms with Gasteiger partial charge in [-0.15, -0.1) is 10.2 Å². The standard InChI is InChI=1S/C18H19N5O2/c1-12(2)18-20-17(25-23-18)11-10-16(24)19-15-9-8-14(21-22-15)13-6-4-3-5-7-13/h3-9,12H,10-11H2,1-2H3,(H,19,22,24). The smallest absolute Gasteiger partial charge is 0.227 e. The summed E-state index contributed by atoms with van der Waals surface area (Å²) in [6.45, 7) is 3.97. The van der Waals surface area contributed by atoms with Crippen molar-refractivity contribution in [1.29, 1.82) is 0 Å². The van der Waals surface area contributed by atoms with Crippen LogP contribution in [0.25, 0.3) is 11.3 Å². The monoisotopic (exact) mass is 337 g/mol. The predicted octanol–water partition coefficient (Wildman–Crippen LogP) is 3.22. The third-order valence-corrected chi connectivity index (χ3v) is 3.57. The summed E-state index contributed by atoms with van der Waals surface area (Å²) in [5, 5.41) is 14.8. The van der Waals surface area contributed by atoms with Gasteiger partial charge in [-0.1, -0.05) is 49.3 Å². The molecule has 128 valence electrons. The summed E-state index contributed by atoms with van der Waals surface area (Å²) in [6, 6.07) is 13.3. The topological polar surface area (TPSA) is 93.8 Å². The molecule has 3 aromatic rings. The molecule has 0 spiro atoms. The second kappa shape index (κ2) is 7.65. The molecule has 25 heavy (non-hydrogen) atoms. The summed E-state index contributed by atoms with van der Waals surface area (Å²) in [7, 11) is 0. The first-order chi connectivity index (χ1) is 12.1. The highest BCUT2D eigenvalue weighted by Gasteiger charge is 2.12. The lowest BCUT2D eigenvalue weighted by Crippen LogP contribution is -2.14. The van der Waals surface area contributed by atoms with Crippen molar-refractivity contribution in [3.8, 4) is 11.3 Å². The van der Waals surface area contributed by atoms with E-state index in [1.807, 2.05) is 50.2 Å². The quantitative estimate of drug-likeness (QED) is 0.742. The first-order valence-electron chi connectivity index (χ1n) is 8.13. The van der Waals surface area contributed by atoms with Crippen LogP contribution in [0.1, 0.15) is 37.9 Å². The Bertz CT molecular complexity index is 828.